The lowest BCUT2D eigenvalue weighted by Gasteiger charge is -1.89. The molecule has 2 rings (SSSR count). The van der Waals surface area contributed by atoms with E-state index in [1.54, 1.807) is 0 Å². The highest BCUT2D eigenvalue weighted by atomic mass is 32.1. The molecule has 0 atom stereocenters. The number of hydrogen-bond acceptors (Lipinski definition) is 5. The van der Waals surface area contributed by atoms with Gasteiger partial charge in [-0.15, -0.1) is 22.7 Å². The van der Waals surface area contributed by atoms with Crippen molar-refractivity contribution in [2.45, 2.75) is 13.8 Å². The molecule has 15 heavy (non-hydrogen) atoms. The van der Waals surface area contributed by atoms with Crippen LogP contribution in [-0.4, -0.2) is 21.0 Å². The van der Waals surface area contributed by atoms with E-state index in [0.717, 1.165) is 20.6 Å². The third-order valence-corrected chi connectivity index (χ3v) is 4.03. The van der Waals surface area contributed by atoms with Crippen molar-refractivity contribution in [1.29, 1.82) is 0 Å². The Bertz CT molecular complexity index is 516. The first kappa shape index (κ1) is 10.3. The molecule has 0 spiro atoms. The number of hydrogen-bond donors (Lipinski definition) is 1. The van der Waals surface area contributed by atoms with Crippen LogP contribution in [0.1, 0.15) is 20.4 Å². The molecular formula is C9H8N2O2S2. The lowest BCUT2D eigenvalue weighted by Crippen LogP contribution is -1.89. The zero-order valence-corrected chi connectivity index (χ0v) is 9.78. The van der Waals surface area contributed by atoms with Crippen molar-refractivity contribution < 1.29 is 9.90 Å². The SMILES string of the molecule is Cc1nc(C)c(-c2ncc(C(=O)O)s2)s1. The van der Waals surface area contributed by atoms with Crippen molar-refractivity contribution in [1.82, 2.24) is 9.97 Å². The van der Waals surface area contributed by atoms with Gasteiger partial charge >= 0.3 is 5.97 Å². The quantitative estimate of drug-likeness (QED) is 0.876. The summed E-state index contributed by atoms with van der Waals surface area (Å²) in [6.45, 7) is 3.83. The highest BCUT2D eigenvalue weighted by Gasteiger charge is 2.14. The van der Waals surface area contributed by atoms with Crippen molar-refractivity contribution in [3.8, 4) is 9.88 Å². The number of aromatic carboxylic acids is 1. The maximum absolute atomic E-state index is 10.7. The van der Waals surface area contributed by atoms with Crippen LogP contribution in [0.5, 0.6) is 0 Å². The van der Waals surface area contributed by atoms with Gasteiger partial charge in [-0.2, -0.15) is 0 Å². The van der Waals surface area contributed by atoms with E-state index in [0.29, 0.717) is 0 Å². The number of thiazole rings is 2. The van der Waals surface area contributed by atoms with Gasteiger partial charge in [-0.1, -0.05) is 0 Å². The van der Waals surface area contributed by atoms with E-state index in [4.69, 9.17) is 5.11 Å². The Morgan fingerprint density at radius 1 is 1.40 bits per heavy atom. The molecule has 2 heterocycles. The summed E-state index contributed by atoms with van der Waals surface area (Å²) >= 11 is 2.72. The topological polar surface area (TPSA) is 63.1 Å². The minimum atomic E-state index is -0.933. The molecule has 1 N–H and O–H groups in total. The average Bonchev–Trinajstić information content (AvgIpc) is 2.71. The Hall–Kier alpha value is -1.27. The van der Waals surface area contributed by atoms with Crippen LogP contribution in [0.2, 0.25) is 0 Å². The van der Waals surface area contributed by atoms with Gasteiger partial charge in [0.15, 0.2) is 0 Å². The molecule has 2 aromatic heterocycles. The van der Waals surface area contributed by atoms with E-state index < -0.39 is 5.97 Å². The van der Waals surface area contributed by atoms with Crippen molar-refractivity contribution in [2.24, 2.45) is 0 Å². The van der Waals surface area contributed by atoms with E-state index in [-0.39, 0.29) is 4.88 Å². The van der Waals surface area contributed by atoms with Gasteiger partial charge in [0.05, 0.1) is 21.8 Å². The number of carbonyl (C=O) groups is 1. The molecule has 0 radical (unpaired) electrons. The zero-order valence-electron chi connectivity index (χ0n) is 8.14. The van der Waals surface area contributed by atoms with E-state index in [9.17, 15) is 4.79 Å². The molecule has 0 bridgehead atoms. The fourth-order valence-corrected chi connectivity index (χ4v) is 3.02. The van der Waals surface area contributed by atoms with E-state index >= 15 is 0 Å². The first-order chi connectivity index (χ1) is 7.08. The minimum absolute atomic E-state index is 0.260. The second-order valence-electron chi connectivity index (χ2n) is 2.98. The normalized spacial score (nSPS) is 10.5. The first-order valence-corrected chi connectivity index (χ1v) is 5.84. The summed E-state index contributed by atoms with van der Waals surface area (Å²) in [7, 11) is 0. The van der Waals surface area contributed by atoms with Crippen LogP contribution in [-0.2, 0) is 0 Å². The van der Waals surface area contributed by atoms with Crippen LogP contribution < -0.4 is 0 Å². The van der Waals surface area contributed by atoms with Gasteiger partial charge in [0.1, 0.15) is 9.88 Å². The molecular weight excluding hydrogens is 232 g/mol. The van der Waals surface area contributed by atoms with Crippen LogP contribution >= 0.6 is 22.7 Å². The number of carboxylic acid groups (broad SMARTS) is 1. The molecule has 0 saturated carbocycles. The molecule has 6 heteroatoms. The summed E-state index contributed by atoms with van der Waals surface area (Å²) in [6, 6.07) is 0. The van der Waals surface area contributed by atoms with Gasteiger partial charge < -0.3 is 5.11 Å². The van der Waals surface area contributed by atoms with Crippen molar-refractivity contribution in [2.75, 3.05) is 0 Å². The Kier molecular flexibility index (Phi) is 2.54. The van der Waals surface area contributed by atoms with Gasteiger partial charge in [-0.3, -0.25) is 0 Å². The maximum Gasteiger partial charge on any atom is 0.347 e. The third-order valence-electron chi connectivity index (χ3n) is 1.81. The first-order valence-electron chi connectivity index (χ1n) is 4.21. The van der Waals surface area contributed by atoms with Crippen molar-refractivity contribution in [3.63, 3.8) is 0 Å². The predicted octanol–water partition coefficient (Wildman–Crippen LogP) is 2.58. The second-order valence-corrected chi connectivity index (χ2v) is 5.22. The highest BCUT2D eigenvalue weighted by molar-refractivity contribution is 7.22. The third kappa shape index (κ3) is 1.91. The number of carboxylic acids is 1. The summed E-state index contributed by atoms with van der Waals surface area (Å²) in [6.07, 6.45) is 1.39. The number of nitrogens with zero attached hydrogens (tertiary/aromatic N) is 2. The van der Waals surface area contributed by atoms with E-state index in [2.05, 4.69) is 9.97 Å². The molecule has 78 valence electrons. The Morgan fingerprint density at radius 2 is 2.13 bits per heavy atom. The smallest absolute Gasteiger partial charge is 0.347 e. The molecule has 0 aliphatic rings. The second kappa shape index (κ2) is 3.71. The van der Waals surface area contributed by atoms with Gasteiger partial charge in [0.25, 0.3) is 0 Å². The molecule has 0 amide bonds. The van der Waals surface area contributed by atoms with Gasteiger partial charge in [-0.25, -0.2) is 14.8 Å². The number of aromatic nitrogens is 2. The Balaban J connectivity index is 2.45. The van der Waals surface area contributed by atoms with Crippen molar-refractivity contribution in [3.05, 3.63) is 21.8 Å². The standard InChI is InChI=1S/C9H8N2O2S2/c1-4-7(14-5(2)11-4)8-10-3-6(15-8)9(12)13/h3H,1-2H3,(H,12,13). The van der Waals surface area contributed by atoms with Crippen LogP contribution in [0, 0.1) is 13.8 Å². The monoisotopic (exact) mass is 240 g/mol. The largest absolute Gasteiger partial charge is 0.477 e. The summed E-state index contributed by atoms with van der Waals surface area (Å²) < 4.78 is 0. The fraction of sp³-hybridized carbons (Fsp3) is 0.222. The highest BCUT2D eigenvalue weighted by Crippen LogP contribution is 2.32. The van der Waals surface area contributed by atoms with Gasteiger partial charge in [0, 0.05) is 0 Å². The predicted molar refractivity (Wildman–Crippen MR) is 59.7 cm³/mol. The molecule has 4 nitrogen and oxygen atoms in total. The summed E-state index contributed by atoms with van der Waals surface area (Å²) in [4.78, 5) is 20.3. The molecule has 0 unspecified atom stereocenters. The molecule has 0 aliphatic heterocycles. The Morgan fingerprint density at radius 3 is 2.60 bits per heavy atom. The Labute approximate surface area is 94.3 Å². The van der Waals surface area contributed by atoms with E-state index in [1.807, 2.05) is 13.8 Å². The van der Waals surface area contributed by atoms with Crippen LogP contribution in [0.4, 0.5) is 0 Å². The lowest BCUT2D eigenvalue weighted by atomic mass is 10.4. The minimum Gasteiger partial charge on any atom is -0.477 e. The van der Waals surface area contributed by atoms with Gasteiger partial charge in [-0.05, 0) is 13.8 Å². The summed E-state index contributed by atoms with van der Waals surface area (Å²) in [5, 5.41) is 10.5. The van der Waals surface area contributed by atoms with Gasteiger partial charge in [0.2, 0.25) is 0 Å². The molecule has 0 aromatic carbocycles. The molecule has 0 saturated heterocycles. The number of aryl methyl sites for hydroxylation is 2. The van der Waals surface area contributed by atoms with Crippen LogP contribution in [0.3, 0.4) is 0 Å². The maximum atomic E-state index is 10.7. The fourth-order valence-electron chi connectivity index (χ4n) is 1.21. The van der Waals surface area contributed by atoms with Crippen molar-refractivity contribution >= 4 is 28.6 Å². The average molecular weight is 240 g/mol. The molecule has 0 aliphatic carbocycles. The summed E-state index contributed by atoms with van der Waals surface area (Å²) in [5.74, 6) is -0.933. The lowest BCUT2D eigenvalue weighted by molar-refractivity contribution is 0.0702. The zero-order chi connectivity index (χ0) is 11.0. The summed E-state index contributed by atoms with van der Waals surface area (Å²) in [5.41, 5.74) is 0.906. The van der Waals surface area contributed by atoms with E-state index in [1.165, 1.54) is 28.9 Å². The van der Waals surface area contributed by atoms with Crippen LogP contribution in [0.25, 0.3) is 9.88 Å². The van der Waals surface area contributed by atoms with Crippen LogP contribution in [0.15, 0.2) is 6.20 Å². The molecule has 0 fully saturated rings. The molecule has 2 aromatic rings. The number of rotatable bonds is 2.